The summed E-state index contributed by atoms with van der Waals surface area (Å²) in [7, 11) is 0. The second-order valence-corrected chi connectivity index (χ2v) is 5.37. The van der Waals surface area contributed by atoms with Crippen LogP contribution in [0.1, 0.15) is 18.9 Å². The predicted molar refractivity (Wildman–Crippen MR) is 84.8 cm³/mol. The number of aliphatic hydroxyl groups is 1. The molecule has 1 aromatic carbocycles. The summed E-state index contributed by atoms with van der Waals surface area (Å²) >= 11 is 0. The summed E-state index contributed by atoms with van der Waals surface area (Å²) in [4.78, 5) is 27.7. The topological polar surface area (TPSA) is 114 Å². The monoisotopic (exact) mass is 333 g/mol. The zero-order valence-corrected chi connectivity index (χ0v) is 13.3. The van der Waals surface area contributed by atoms with Crippen LogP contribution in [0.25, 0.3) is 0 Å². The van der Waals surface area contributed by atoms with Crippen molar-refractivity contribution in [3.05, 3.63) is 52.3 Å². The first-order chi connectivity index (χ1) is 11.5. The summed E-state index contributed by atoms with van der Waals surface area (Å²) in [6.45, 7) is 2.05. The van der Waals surface area contributed by atoms with Gasteiger partial charge in [-0.15, -0.1) is 0 Å². The Morgan fingerprint density at radius 3 is 2.71 bits per heavy atom. The maximum absolute atomic E-state index is 12.6. The van der Waals surface area contributed by atoms with Gasteiger partial charge in [0, 0.05) is 24.3 Å². The van der Waals surface area contributed by atoms with Crippen LogP contribution in [0.4, 0.5) is 5.95 Å². The minimum Gasteiger partial charge on any atom is -0.396 e. The van der Waals surface area contributed by atoms with Crippen LogP contribution in [0, 0.1) is 10.1 Å². The Morgan fingerprint density at radius 2 is 2.12 bits per heavy atom. The molecule has 0 aliphatic heterocycles. The number of hydrogen-bond acceptors (Lipinski definition) is 6. The molecule has 1 amide bonds. The summed E-state index contributed by atoms with van der Waals surface area (Å²) in [6.07, 6.45) is 1.60. The number of rotatable bonds is 8. The molecule has 2 rings (SSSR count). The quantitative estimate of drug-likeness (QED) is 0.569. The van der Waals surface area contributed by atoms with Crippen LogP contribution in [0.15, 0.2) is 36.7 Å². The molecule has 1 heterocycles. The Kier molecular flexibility index (Phi) is 5.96. The highest BCUT2D eigenvalue weighted by molar-refractivity contribution is 5.76. The van der Waals surface area contributed by atoms with Crippen molar-refractivity contribution in [1.29, 1.82) is 0 Å². The summed E-state index contributed by atoms with van der Waals surface area (Å²) in [5.41, 5.74) is 0.959. The Labute approximate surface area is 138 Å². The van der Waals surface area contributed by atoms with Gasteiger partial charge >= 0.3 is 5.95 Å². The lowest BCUT2D eigenvalue weighted by atomic mass is 10.1. The van der Waals surface area contributed by atoms with Crippen molar-refractivity contribution in [3.8, 4) is 0 Å². The number of carbonyl (C=O) groups is 1. The van der Waals surface area contributed by atoms with Gasteiger partial charge in [0.15, 0.2) is 0 Å². The van der Waals surface area contributed by atoms with Gasteiger partial charge in [0.1, 0.15) is 6.54 Å². The molecule has 0 saturated heterocycles. The lowest BCUT2D eigenvalue weighted by molar-refractivity contribution is -0.394. The van der Waals surface area contributed by atoms with Gasteiger partial charge in [0.05, 0.1) is 0 Å². The molecule has 0 fully saturated rings. The van der Waals surface area contributed by atoms with E-state index in [-0.39, 0.29) is 25.1 Å². The second-order valence-electron chi connectivity index (χ2n) is 5.37. The fourth-order valence-electron chi connectivity index (χ4n) is 2.29. The molecule has 0 saturated carbocycles. The fourth-order valence-corrected chi connectivity index (χ4v) is 2.29. The number of nitrogens with zero attached hydrogens (tertiary/aromatic N) is 5. The van der Waals surface area contributed by atoms with Gasteiger partial charge in [-0.2, -0.15) is 4.68 Å². The molecule has 1 aromatic heterocycles. The number of hydrogen-bond donors (Lipinski definition) is 1. The molecule has 1 unspecified atom stereocenters. The maximum atomic E-state index is 12.6. The van der Waals surface area contributed by atoms with E-state index in [1.165, 1.54) is 0 Å². The van der Waals surface area contributed by atoms with Crippen molar-refractivity contribution in [3.63, 3.8) is 0 Å². The molecule has 0 aliphatic carbocycles. The molecule has 1 N–H and O–H groups in total. The van der Waals surface area contributed by atoms with Gasteiger partial charge in [-0.25, -0.2) is 0 Å². The van der Waals surface area contributed by atoms with Crippen LogP contribution in [-0.4, -0.2) is 48.3 Å². The summed E-state index contributed by atoms with van der Waals surface area (Å²) in [5, 5.41) is 23.4. The van der Waals surface area contributed by atoms with Crippen LogP contribution in [-0.2, 0) is 17.9 Å². The zero-order chi connectivity index (χ0) is 17.5. The molecule has 0 spiro atoms. The molecule has 9 heteroatoms. The van der Waals surface area contributed by atoms with E-state index in [1.807, 2.05) is 37.3 Å². The zero-order valence-electron chi connectivity index (χ0n) is 13.3. The first kappa shape index (κ1) is 17.5. The standard InChI is InChI=1S/C15H19N5O4/c1-12(7-8-21)19(9-13-5-3-2-4-6-13)14(22)10-18-11-16-15(17-18)20(23)24/h2-6,11-12,21H,7-10H2,1H3. The van der Waals surface area contributed by atoms with Gasteiger partial charge in [-0.3, -0.25) is 4.79 Å². The van der Waals surface area contributed by atoms with Gasteiger partial charge in [-0.05, 0) is 23.8 Å². The van der Waals surface area contributed by atoms with E-state index in [9.17, 15) is 14.9 Å². The average Bonchev–Trinajstić information content (AvgIpc) is 3.02. The van der Waals surface area contributed by atoms with Gasteiger partial charge in [-0.1, -0.05) is 35.3 Å². The van der Waals surface area contributed by atoms with Gasteiger partial charge < -0.3 is 20.1 Å². The molecule has 0 aliphatic rings. The van der Waals surface area contributed by atoms with E-state index in [4.69, 9.17) is 5.11 Å². The SMILES string of the molecule is CC(CCO)N(Cc1ccccc1)C(=O)Cn1cnc([N+](=O)[O-])n1. The van der Waals surface area contributed by atoms with Crippen LogP contribution < -0.4 is 0 Å². The average molecular weight is 333 g/mol. The Morgan fingerprint density at radius 1 is 1.42 bits per heavy atom. The van der Waals surface area contributed by atoms with Gasteiger partial charge in [0.2, 0.25) is 12.2 Å². The van der Waals surface area contributed by atoms with E-state index in [2.05, 4.69) is 10.1 Å². The minimum absolute atomic E-state index is 0.0332. The lowest BCUT2D eigenvalue weighted by Crippen LogP contribution is -2.40. The van der Waals surface area contributed by atoms with Crippen molar-refractivity contribution in [1.82, 2.24) is 19.7 Å². The smallest absolute Gasteiger partial charge is 0.396 e. The highest BCUT2D eigenvalue weighted by Crippen LogP contribution is 2.12. The maximum Gasteiger partial charge on any atom is 0.490 e. The first-order valence-electron chi connectivity index (χ1n) is 7.49. The number of amides is 1. The Hall–Kier alpha value is -2.81. The molecule has 9 nitrogen and oxygen atoms in total. The van der Waals surface area contributed by atoms with E-state index >= 15 is 0 Å². The third kappa shape index (κ3) is 4.59. The van der Waals surface area contributed by atoms with E-state index in [1.54, 1.807) is 4.90 Å². The third-order valence-electron chi connectivity index (χ3n) is 3.58. The largest absolute Gasteiger partial charge is 0.490 e. The van der Waals surface area contributed by atoms with Crippen molar-refractivity contribution >= 4 is 11.9 Å². The lowest BCUT2D eigenvalue weighted by Gasteiger charge is -2.29. The van der Waals surface area contributed by atoms with Crippen molar-refractivity contribution < 1.29 is 14.8 Å². The highest BCUT2D eigenvalue weighted by atomic mass is 16.6. The van der Waals surface area contributed by atoms with Crippen molar-refractivity contribution in [2.24, 2.45) is 0 Å². The molecule has 0 radical (unpaired) electrons. The van der Waals surface area contributed by atoms with Crippen LogP contribution in [0.2, 0.25) is 0 Å². The Bertz CT molecular complexity index is 688. The van der Waals surface area contributed by atoms with Crippen molar-refractivity contribution in [2.75, 3.05) is 6.61 Å². The first-order valence-corrected chi connectivity index (χ1v) is 7.49. The highest BCUT2D eigenvalue weighted by Gasteiger charge is 2.23. The van der Waals surface area contributed by atoms with Crippen LogP contribution >= 0.6 is 0 Å². The molecule has 2 aromatic rings. The number of aromatic nitrogens is 3. The number of nitro groups is 1. The number of benzene rings is 1. The van der Waals surface area contributed by atoms with Gasteiger partial charge in [0.25, 0.3) is 0 Å². The van der Waals surface area contributed by atoms with Crippen LogP contribution in [0.5, 0.6) is 0 Å². The molecule has 0 bridgehead atoms. The van der Waals surface area contributed by atoms with E-state index in [0.717, 1.165) is 16.6 Å². The number of aliphatic hydroxyl groups excluding tert-OH is 1. The minimum atomic E-state index is -0.711. The summed E-state index contributed by atoms with van der Waals surface area (Å²) < 4.78 is 1.14. The number of carbonyl (C=O) groups excluding carboxylic acids is 1. The Balaban J connectivity index is 2.12. The van der Waals surface area contributed by atoms with E-state index in [0.29, 0.717) is 13.0 Å². The molecule has 24 heavy (non-hydrogen) atoms. The fraction of sp³-hybridized carbons (Fsp3) is 0.400. The molecule has 128 valence electrons. The van der Waals surface area contributed by atoms with Crippen LogP contribution in [0.3, 0.4) is 0 Å². The summed E-state index contributed by atoms with van der Waals surface area (Å²) in [6, 6.07) is 9.30. The predicted octanol–water partition coefficient (Wildman–Crippen LogP) is 0.986. The molecular weight excluding hydrogens is 314 g/mol. The summed E-state index contributed by atoms with van der Waals surface area (Å²) in [5.74, 6) is -0.791. The van der Waals surface area contributed by atoms with Crippen molar-refractivity contribution in [2.45, 2.75) is 32.5 Å². The van der Waals surface area contributed by atoms with E-state index < -0.39 is 10.9 Å². The normalized spacial score (nSPS) is 11.9. The molecule has 1 atom stereocenters. The molecular formula is C15H19N5O4. The third-order valence-corrected chi connectivity index (χ3v) is 3.58. The second kappa shape index (κ2) is 8.16.